The Morgan fingerprint density at radius 2 is 1.95 bits per heavy atom. The second-order valence-electron chi connectivity index (χ2n) is 6.00. The number of benzene rings is 1. The number of carbonyl (C=O) groups is 2. The Hall–Kier alpha value is -2.04. The second-order valence-corrected chi connectivity index (χ2v) is 6.00. The van der Waals surface area contributed by atoms with Gasteiger partial charge in [0.25, 0.3) is 0 Å². The molecule has 0 aliphatic heterocycles. The summed E-state index contributed by atoms with van der Waals surface area (Å²) in [5, 5.41) is 20.8. The van der Waals surface area contributed by atoms with E-state index in [-0.39, 0.29) is 29.9 Å². The van der Waals surface area contributed by atoms with Gasteiger partial charge in [0, 0.05) is 13.0 Å². The normalized spacial score (nSPS) is 11.1. The first-order valence-corrected chi connectivity index (χ1v) is 7.05. The number of phenols is 1. The van der Waals surface area contributed by atoms with Crippen molar-refractivity contribution in [1.82, 2.24) is 5.32 Å². The van der Waals surface area contributed by atoms with Crippen LogP contribution in [-0.2, 0) is 16.0 Å². The van der Waals surface area contributed by atoms with Gasteiger partial charge in [-0.05, 0) is 36.0 Å². The lowest BCUT2D eigenvalue weighted by molar-refractivity contribution is -0.137. The van der Waals surface area contributed by atoms with Crippen molar-refractivity contribution in [2.45, 2.75) is 39.5 Å². The van der Waals surface area contributed by atoms with Crippen LogP contribution in [0.3, 0.4) is 0 Å². The van der Waals surface area contributed by atoms with E-state index in [2.05, 4.69) is 5.32 Å². The Labute approximate surface area is 125 Å². The third-order valence-electron chi connectivity index (χ3n) is 3.41. The number of carbonyl (C=O) groups excluding carboxylic acids is 1. The number of hydrogen-bond donors (Lipinski definition) is 3. The highest BCUT2D eigenvalue weighted by molar-refractivity contribution is 5.78. The van der Waals surface area contributed by atoms with Crippen molar-refractivity contribution in [2.24, 2.45) is 5.41 Å². The van der Waals surface area contributed by atoms with Gasteiger partial charge in [-0.1, -0.05) is 26.0 Å². The smallest absolute Gasteiger partial charge is 0.303 e. The maximum atomic E-state index is 11.8. The summed E-state index contributed by atoms with van der Waals surface area (Å²) in [5.41, 5.74) is 0.647. The number of amides is 1. The number of rotatable bonds is 8. The minimum Gasteiger partial charge on any atom is -0.508 e. The molecule has 0 spiro atoms. The van der Waals surface area contributed by atoms with E-state index in [0.717, 1.165) is 12.0 Å². The monoisotopic (exact) mass is 293 g/mol. The van der Waals surface area contributed by atoms with Crippen LogP contribution in [-0.4, -0.2) is 28.6 Å². The SMILES string of the molecule is CC(C)(CCNC(=O)Cc1cccc(O)c1)CCC(=O)O. The third kappa shape index (κ3) is 7.34. The molecule has 0 saturated heterocycles. The molecule has 5 nitrogen and oxygen atoms in total. The maximum Gasteiger partial charge on any atom is 0.303 e. The van der Waals surface area contributed by atoms with Crippen LogP contribution in [0.25, 0.3) is 0 Å². The maximum absolute atomic E-state index is 11.8. The summed E-state index contributed by atoms with van der Waals surface area (Å²) in [6.07, 6.45) is 1.69. The van der Waals surface area contributed by atoms with Crippen LogP contribution in [0.5, 0.6) is 5.75 Å². The largest absolute Gasteiger partial charge is 0.508 e. The molecule has 116 valence electrons. The molecule has 1 amide bonds. The first kappa shape index (κ1) is 17.0. The number of carboxylic acid groups (broad SMARTS) is 1. The van der Waals surface area contributed by atoms with Crippen molar-refractivity contribution < 1.29 is 19.8 Å². The quantitative estimate of drug-likeness (QED) is 0.686. The Kier molecular flexibility index (Phi) is 6.21. The molecule has 1 rings (SSSR count). The molecule has 0 heterocycles. The van der Waals surface area contributed by atoms with Crippen molar-refractivity contribution in [3.8, 4) is 5.75 Å². The summed E-state index contributed by atoms with van der Waals surface area (Å²) in [4.78, 5) is 22.4. The average molecular weight is 293 g/mol. The predicted octanol–water partition coefficient (Wildman–Crippen LogP) is 2.33. The Bertz CT molecular complexity index is 497. The van der Waals surface area contributed by atoms with Crippen molar-refractivity contribution in [2.75, 3.05) is 6.54 Å². The molecule has 1 aromatic carbocycles. The molecule has 0 aliphatic rings. The van der Waals surface area contributed by atoms with Gasteiger partial charge in [-0.3, -0.25) is 9.59 Å². The van der Waals surface area contributed by atoms with Crippen LogP contribution in [0.4, 0.5) is 0 Å². The lowest BCUT2D eigenvalue weighted by Crippen LogP contribution is -2.29. The van der Waals surface area contributed by atoms with Crippen LogP contribution in [0.2, 0.25) is 0 Å². The van der Waals surface area contributed by atoms with E-state index in [4.69, 9.17) is 5.11 Å². The van der Waals surface area contributed by atoms with Gasteiger partial charge in [-0.15, -0.1) is 0 Å². The topological polar surface area (TPSA) is 86.6 Å². The van der Waals surface area contributed by atoms with Crippen LogP contribution >= 0.6 is 0 Å². The van der Waals surface area contributed by atoms with E-state index in [1.165, 1.54) is 0 Å². The second kappa shape index (κ2) is 7.67. The predicted molar refractivity (Wildman–Crippen MR) is 80.1 cm³/mol. The number of hydrogen-bond acceptors (Lipinski definition) is 3. The van der Waals surface area contributed by atoms with E-state index in [1.54, 1.807) is 24.3 Å². The molecular formula is C16H23NO4. The number of carboxylic acids is 1. The molecule has 0 atom stereocenters. The van der Waals surface area contributed by atoms with Crippen LogP contribution in [0.1, 0.15) is 38.7 Å². The van der Waals surface area contributed by atoms with E-state index in [1.807, 2.05) is 13.8 Å². The van der Waals surface area contributed by atoms with E-state index in [9.17, 15) is 14.7 Å². The van der Waals surface area contributed by atoms with Crippen LogP contribution in [0, 0.1) is 5.41 Å². The molecule has 0 aromatic heterocycles. The zero-order chi connectivity index (χ0) is 15.9. The first-order valence-electron chi connectivity index (χ1n) is 7.05. The van der Waals surface area contributed by atoms with Gasteiger partial charge in [-0.25, -0.2) is 0 Å². The highest BCUT2D eigenvalue weighted by atomic mass is 16.4. The lowest BCUT2D eigenvalue weighted by Gasteiger charge is -2.23. The van der Waals surface area contributed by atoms with Crippen LogP contribution < -0.4 is 5.32 Å². The molecule has 0 bridgehead atoms. The highest BCUT2D eigenvalue weighted by Gasteiger charge is 2.19. The summed E-state index contributed by atoms with van der Waals surface area (Å²) >= 11 is 0. The van der Waals surface area contributed by atoms with Crippen molar-refractivity contribution in [3.63, 3.8) is 0 Å². The van der Waals surface area contributed by atoms with E-state index >= 15 is 0 Å². The third-order valence-corrected chi connectivity index (χ3v) is 3.41. The van der Waals surface area contributed by atoms with Gasteiger partial charge in [0.1, 0.15) is 5.75 Å². The average Bonchev–Trinajstić information content (AvgIpc) is 2.36. The lowest BCUT2D eigenvalue weighted by atomic mass is 9.84. The Morgan fingerprint density at radius 3 is 2.57 bits per heavy atom. The van der Waals surface area contributed by atoms with Gasteiger partial charge < -0.3 is 15.5 Å². The number of phenolic OH excluding ortho intramolecular Hbond substituents is 1. The fourth-order valence-electron chi connectivity index (χ4n) is 2.02. The standard InChI is InChI=1S/C16H23NO4/c1-16(2,7-6-15(20)21)8-9-17-14(19)11-12-4-3-5-13(18)10-12/h3-5,10,18H,6-9,11H2,1-2H3,(H,17,19)(H,20,21). The zero-order valence-electron chi connectivity index (χ0n) is 12.6. The first-order chi connectivity index (χ1) is 9.78. The summed E-state index contributed by atoms with van der Waals surface area (Å²) in [5.74, 6) is -0.749. The number of aliphatic carboxylic acids is 1. The van der Waals surface area contributed by atoms with Crippen molar-refractivity contribution in [1.29, 1.82) is 0 Å². The molecule has 1 aromatic rings. The molecule has 3 N–H and O–H groups in total. The highest BCUT2D eigenvalue weighted by Crippen LogP contribution is 2.26. The summed E-state index contributed by atoms with van der Waals surface area (Å²) in [6, 6.07) is 6.62. The molecule has 0 saturated carbocycles. The Balaban J connectivity index is 2.31. The molecule has 5 heteroatoms. The Morgan fingerprint density at radius 1 is 1.24 bits per heavy atom. The zero-order valence-corrected chi connectivity index (χ0v) is 12.6. The van der Waals surface area contributed by atoms with E-state index in [0.29, 0.717) is 13.0 Å². The van der Waals surface area contributed by atoms with Crippen LogP contribution in [0.15, 0.2) is 24.3 Å². The fourth-order valence-corrected chi connectivity index (χ4v) is 2.02. The van der Waals surface area contributed by atoms with Gasteiger partial charge in [0.2, 0.25) is 5.91 Å². The van der Waals surface area contributed by atoms with Gasteiger partial charge in [0.05, 0.1) is 6.42 Å². The summed E-state index contributed by atoms with van der Waals surface area (Å²) in [7, 11) is 0. The molecule has 0 fully saturated rings. The van der Waals surface area contributed by atoms with Crippen molar-refractivity contribution >= 4 is 11.9 Å². The molecule has 0 radical (unpaired) electrons. The fraction of sp³-hybridized carbons (Fsp3) is 0.500. The molecule has 0 aliphatic carbocycles. The minimum atomic E-state index is -0.795. The van der Waals surface area contributed by atoms with E-state index < -0.39 is 5.97 Å². The molecule has 21 heavy (non-hydrogen) atoms. The van der Waals surface area contributed by atoms with Gasteiger partial charge in [-0.2, -0.15) is 0 Å². The molecular weight excluding hydrogens is 270 g/mol. The summed E-state index contributed by atoms with van der Waals surface area (Å²) < 4.78 is 0. The minimum absolute atomic E-state index is 0.102. The van der Waals surface area contributed by atoms with Gasteiger partial charge in [0.15, 0.2) is 0 Å². The van der Waals surface area contributed by atoms with Gasteiger partial charge >= 0.3 is 5.97 Å². The van der Waals surface area contributed by atoms with Crippen molar-refractivity contribution in [3.05, 3.63) is 29.8 Å². The number of nitrogens with one attached hydrogen (secondary N) is 1. The molecule has 0 unspecified atom stereocenters. The summed E-state index contributed by atoms with van der Waals surface area (Å²) in [6.45, 7) is 4.51. The number of aromatic hydroxyl groups is 1.